The van der Waals surface area contributed by atoms with Gasteiger partial charge in [-0.15, -0.1) is 0 Å². The van der Waals surface area contributed by atoms with Crippen molar-refractivity contribution in [2.45, 2.75) is 31.8 Å². The highest BCUT2D eigenvalue weighted by Crippen LogP contribution is 2.29. The fourth-order valence-electron chi connectivity index (χ4n) is 2.28. The molecule has 1 N–H and O–H groups in total. The zero-order valence-corrected chi connectivity index (χ0v) is 10.1. The van der Waals surface area contributed by atoms with Crippen LogP contribution in [0.1, 0.15) is 25.7 Å². The van der Waals surface area contributed by atoms with Gasteiger partial charge in [0, 0.05) is 20.1 Å². The number of rotatable bonds is 4. The lowest BCUT2D eigenvalue weighted by Crippen LogP contribution is -2.45. The van der Waals surface area contributed by atoms with Crippen LogP contribution in [0.5, 0.6) is 0 Å². The molecule has 0 aromatic carbocycles. The van der Waals surface area contributed by atoms with E-state index in [-0.39, 0.29) is 12.0 Å². The Kier molecular flexibility index (Phi) is 3.82. The Balaban J connectivity index is 1.72. The van der Waals surface area contributed by atoms with E-state index in [1.54, 1.807) is 0 Å². The van der Waals surface area contributed by atoms with E-state index < -0.39 is 0 Å². The minimum absolute atomic E-state index is 0.195. The Morgan fingerprint density at radius 1 is 1.44 bits per heavy atom. The van der Waals surface area contributed by atoms with Gasteiger partial charge in [0.25, 0.3) is 0 Å². The minimum Gasteiger partial charge on any atom is -0.392 e. The molecule has 1 amide bonds. The van der Waals surface area contributed by atoms with E-state index >= 15 is 0 Å². The summed E-state index contributed by atoms with van der Waals surface area (Å²) in [5.41, 5.74) is 0. The number of hydrogen-bond acceptors (Lipinski definition) is 3. The standard InChI is InChI=1S/C12H22N2O2/c1-13(7-10-4-5-10)12(16)9-14-6-2-3-11(15)8-14/h10-11,15H,2-9H2,1H3. The molecular weight excluding hydrogens is 204 g/mol. The molecule has 4 nitrogen and oxygen atoms in total. The zero-order chi connectivity index (χ0) is 11.5. The Bertz CT molecular complexity index is 253. The summed E-state index contributed by atoms with van der Waals surface area (Å²) >= 11 is 0. The van der Waals surface area contributed by atoms with Gasteiger partial charge in [0.15, 0.2) is 0 Å². The lowest BCUT2D eigenvalue weighted by atomic mass is 10.1. The number of likely N-dealkylation sites (N-methyl/N-ethyl adjacent to an activating group) is 1. The topological polar surface area (TPSA) is 43.8 Å². The van der Waals surface area contributed by atoms with Crippen LogP contribution in [-0.4, -0.2) is 60.1 Å². The minimum atomic E-state index is -0.240. The number of piperidine rings is 1. The monoisotopic (exact) mass is 226 g/mol. The number of amides is 1. The van der Waals surface area contributed by atoms with Crippen molar-refractivity contribution in [1.82, 2.24) is 9.80 Å². The van der Waals surface area contributed by atoms with Gasteiger partial charge < -0.3 is 10.0 Å². The van der Waals surface area contributed by atoms with Crippen molar-refractivity contribution in [3.8, 4) is 0 Å². The van der Waals surface area contributed by atoms with Gasteiger partial charge in [-0.1, -0.05) is 0 Å². The van der Waals surface area contributed by atoms with Crippen molar-refractivity contribution in [2.75, 3.05) is 33.2 Å². The molecule has 16 heavy (non-hydrogen) atoms. The average Bonchev–Trinajstić information content (AvgIpc) is 3.01. The van der Waals surface area contributed by atoms with Gasteiger partial charge in [0.1, 0.15) is 0 Å². The molecule has 1 aliphatic carbocycles. The van der Waals surface area contributed by atoms with Gasteiger partial charge in [-0.3, -0.25) is 9.69 Å². The second kappa shape index (κ2) is 5.15. The highest BCUT2D eigenvalue weighted by molar-refractivity contribution is 5.78. The highest BCUT2D eigenvalue weighted by Gasteiger charge is 2.26. The molecule has 2 rings (SSSR count). The van der Waals surface area contributed by atoms with Gasteiger partial charge in [-0.25, -0.2) is 0 Å². The van der Waals surface area contributed by atoms with Crippen molar-refractivity contribution in [2.24, 2.45) is 5.92 Å². The summed E-state index contributed by atoms with van der Waals surface area (Å²) in [4.78, 5) is 15.8. The van der Waals surface area contributed by atoms with E-state index in [0.717, 1.165) is 31.8 Å². The number of carbonyl (C=O) groups excluding carboxylic acids is 1. The quantitative estimate of drug-likeness (QED) is 0.750. The third-order valence-electron chi connectivity index (χ3n) is 3.49. The summed E-state index contributed by atoms with van der Waals surface area (Å²) in [6.45, 7) is 2.98. The van der Waals surface area contributed by atoms with E-state index in [4.69, 9.17) is 0 Å². The van der Waals surface area contributed by atoms with Gasteiger partial charge in [0.2, 0.25) is 5.91 Å². The molecule has 1 aliphatic heterocycles. The first-order chi connectivity index (χ1) is 7.65. The van der Waals surface area contributed by atoms with Crippen LogP contribution in [0.15, 0.2) is 0 Å². The molecule has 0 radical (unpaired) electrons. The largest absolute Gasteiger partial charge is 0.392 e. The zero-order valence-electron chi connectivity index (χ0n) is 10.1. The molecule has 0 aromatic heterocycles. The molecule has 0 spiro atoms. The molecular formula is C12H22N2O2. The predicted octanol–water partition coefficient (Wildman–Crippen LogP) is 0.311. The van der Waals surface area contributed by atoms with Crippen LogP contribution in [0, 0.1) is 5.92 Å². The Labute approximate surface area is 97.2 Å². The first-order valence-corrected chi connectivity index (χ1v) is 6.29. The second-order valence-corrected chi connectivity index (χ2v) is 5.25. The van der Waals surface area contributed by atoms with Crippen LogP contribution < -0.4 is 0 Å². The van der Waals surface area contributed by atoms with Crippen LogP contribution in [0.25, 0.3) is 0 Å². The van der Waals surface area contributed by atoms with Crippen LogP contribution in [0.4, 0.5) is 0 Å². The van der Waals surface area contributed by atoms with Crippen molar-refractivity contribution in [3.05, 3.63) is 0 Å². The second-order valence-electron chi connectivity index (χ2n) is 5.25. The van der Waals surface area contributed by atoms with Gasteiger partial charge in [-0.2, -0.15) is 0 Å². The maximum Gasteiger partial charge on any atom is 0.236 e. The van der Waals surface area contributed by atoms with Gasteiger partial charge in [0.05, 0.1) is 12.6 Å². The van der Waals surface area contributed by atoms with Crippen LogP contribution >= 0.6 is 0 Å². The van der Waals surface area contributed by atoms with E-state index in [1.807, 2.05) is 11.9 Å². The summed E-state index contributed by atoms with van der Waals surface area (Å²) in [5.74, 6) is 0.946. The maximum atomic E-state index is 11.9. The Morgan fingerprint density at radius 3 is 2.81 bits per heavy atom. The van der Waals surface area contributed by atoms with Crippen LogP contribution in [0.3, 0.4) is 0 Å². The molecule has 92 valence electrons. The van der Waals surface area contributed by atoms with Crippen molar-refractivity contribution < 1.29 is 9.90 Å². The number of hydrogen-bond donors (Lipinski definition) is 1. The highest BCUT2D eigenvalue weighted by atomic mass is 16.3. The van der Waals surface area contributed by atoms with Crippen molar-refractivity contribution in [1.29, 1.82) is 0 Å². The van der Waals surface area contributed by atoms with Gasteiger partial charge in [-0.05, 0) is 38.1 Å². The van der Waals surface area contributed by atoms with Crippen molar-refractivity contribution in [3.63, 3.8) is 0 Å². The number of β-amino-alcohol motifs (C(OH)–C–C–N with tert-alkyl or cyclic N) is 1. The first-order valence-electron chi connectivity index (χ1n) is 6.29. The Hall–Kier alpha value is -0.610. The fraction of sp³-hybridized carbons (Fsp3) is 0.917. The molecule has 4 heteroatoms. The molecule has 1 unspecified atom stereocenters. The molecule has 1 saturated heterocycles. The smallest absolute Gasteiger partial charge is 0.236 e. The molecule has 0 bridgehead atoms. The first kappa shape index (κ1) is 11.9. The number of carbonyl (C=O) groups is 1. The maximum absolute atomic E-state index is 11.9. The third-order valence-corrected chi connectivity index (χ3v) is 3.49. The molecule has 0 aromatic rings. The Morgan fingerprint density at radius 2 is 2.19 bits per heavy atom. The number of aliphatic hydroxyl groups excluding tert-OH is 1. The molecule has 2 fully saturated rings. The molecule has 1 atom stereocenters. The summed E-state index contributed by atoms with van der Waals surface area (Å²) in [7, 11) is 1.89. The number of likely N-dealkylation sites (tertiary alicyclic amines) is 1. The van der Waals surface area contributed by atoms with E-state index in [9.17, 15) is 9.90 Å². The number of nitrogens with zero attached hydrogens (tertiary/aromatic N) is 2. The fourth-order valence-corrected chi connectivity index (χ4v) is 2.28. The average molecular weight is 226 g/mol. The van der Waals surface area contributed by atoms with E-state index in [0.29, 0.717) is 13.1 Å². The van der Waals surface area contributed by atoms with Crippen molar-refractivity contribution >= 4 is 5.91 Å². The number of aliphatic hydroxyl groups is 1. The summed E-state index contributed by atoms with van der Waals surface area (Å²) in [5, 5.41) is 9.52. The van der Waals surface area contributed by atoms with Gasteiger partial charge >= 0.3 is 0 Å². The van der Waals surface area contributed by atoms with E-state index in [2.05, 4.69) is 4.90 Å². The lowest BCUT2D eigenvalue weighted by molar-refractivity contribution is -0.132. The van der Waals surface area contributed by atoms with Crippen LogP contribution in [0.2, 0.25) is 0 Å². The summed E-state index contributed by atoms with van der Waals surface area (Å²) < 4.78 is 0. The lowest BCUT2D eigenvalue weighted by Gasteiger charge is -2.30. The molecule has 1 heterocycles. The van der Waals surface area contributed by atoms with E-state index in [1.165, 1.54) is 12.8 Å². The SMILES string of the molecule is CN(CC1CC1)C(=O)CN1CCCC(O)C1. The molecule has 1 saturated carbocycles. The normalized spacial score (nSPS) is 26.8. The summed E-state index contributed by atoms with van der Waals surface area (Å²) in [6.07, 6.45) is 4.19. The predicted molar refractivity (Wildman–Crippen MR) is 62.0 cm³/mol. The van der Waals surface area contributed by atoms with Crippen LogP contribution in [-0.2, 0) is 4.79 Å². The summed E-state index contributed by atoms with van der Waals surface area (Å²) in [6, 6.07) is 0. The molecule has 2 aliphatic rings. The third kappa shape index (κ3) is 3.46.